The van der Waals surface area contributed by atoms with Gasteiger partial charge in [-0.3, -0.25) is 10.1 Å². The van der Waals surface area contributed by atoms with E-state index < -0.39 is 0 Å². The first-order valence-electron chi connectivity index (χ1n) is 7.45. The molecule has 3 aromatic rings. The molecule has 1 N–H and O–H groups in total. The van der Waals surface area contributed by atoms with Crippen molar-refractivity contribution in [2.75, 3.05) is 5.32 Å². The summed E-state index contributed by atoms with van der Waals surface area (Å²) in [6.07, 6.45) is 0. The van der Waals surface area contributed by atoms with Gasteiger partial charge in [-0.05, 0) is 13.0 Å². The number of aromatic nitrogens is 2. The maximum Gasteiger partial charge on any atom is 0.262 e. The number of hydrogen-bond acceptors (Lipinski definition) is 5. The highest BCUT2D eigenvalue weighted by Crippen LogP contribution is 2.31. The summed E-state index contributed by atoms with van der Waals surface area (Å²) < 4.78 is 5.26. The number of nitrogens with zero attached hydrogens (tertiary/aromatic N) is 2. The summed E-state index contributed by atoms with van der Waals surface area (Å²) in [5.74, 6) is 0.382. The predicted octanol–water partition coefficient (Wildman–Crippen LogP) is 5.14. The van der Waals surface area contributed by atoms with Crippen molar-refractivity contribution in [3.05, 3.63) is 51.7 Å². The maximum absolute atomic E-state index is 12.6. The van der Waals surface area contributed by atoms with Gasteiger partial charge in [0.2, 0.25) is 0 Å². The molecule has 0 atom stereocenters. The molecule has 0 saturated carbocycles. The Labute approximate surface area is 148 Å². The Bertz CT molecular complexity index is 886. The lowest BCUT2D eigenvalue weighted by Crippen LogP contribution is -2.14. The minimum absolute atomic E-state index is 0.0712. The number of halogens is 1. The van der Waals surface area contributed by atoms with E-state index in [0.717, 1.165) is 11.3 Å². The fourth-order valence-electron chi connectivity index (χ4n) is 2.34. The quantitative estimate of drug-likeness (QED) is 0.698. The van der Waals surface area contributed by atoms with Gasteiger partial charge in [-0.2, -0.15) is 0 Å². The van der Waals surface area contributed by atoms with E-state index in [9.17, 15) is 4.79 Å². The fraction of sp³-hybridized carbons (Fsp3) is 0.235. The van der Waals surface area contributed by atoms with E-state index in [1.54, 1.807) is 6.92 Å². The molecule has 24 heavy (non-hydrogen) atoms. The van der Waals surface area contributed by atoms with E-state index in [2.05, 4.69) is 15.5 Å². The van der Waals surface area contributed by atoms with Crippen LogP contribution in [0, 0.1) is 6.92 Å². The SMILES string of the molecule is Cc1noc(C(C)C)c1C(=O)Nc1nc(-c2ccccc2Cl)cs1. The van der Waals surface area contributed by atoms with Crippen LogP contribution in [-0.2, 0) is 0 Å². The first-order valence-corrected chi connectivity index (χ1v) is 8.71. The molecule has 5 nitrogen and oxygen atoms in total. The highest BCUT2D eigenvalue weighted by molar-refractivity contribution is 7.14. The molecule has 1 aromatic carbocycles. The number of amides is 1. The first-order chi connectivity index (χ1) is 11.5. The highest BCUT2D eigenvalue weighted by atomic mass is 35.5. The lowest BCUT2D eigenvalue weighted by atomic mass is 10.0. The molecule has 0 aliphatic heterocycles. The lowest BCUT2D eigenvalue weighted by molar-refractivity contribution is 0.102. The number of carbonyl (C=O) groups is 1. The van der Waals surface area contributed by atoms with E-state index in [1.165, 1.54) is 11.3 Å². The molecule has 0 radical (unpaired) electrons. The zero-order valence-corrected chi connectivity index (χ0v) is 15.0. The number of rotatable bonds is 4. The number of anilines is 1. The maximum atomic E-state index is 12.6. The van der Waals surface area contributed by atoms with Crippen molar-refractivity contribution < 1.29 is 9.32 Å². The van der Waals surface area contributed by atoms with Gasteiger partial charge in [0.1, 0.15) is 5.56 Å². The summed E-state index contributed by atoms with van der Waals surface area (Å²) in [4.78, 5) is 17.0. The molecule has 3 rings (SSSR count). The molecule has 0 aliphatic carbocycles. The number of thiazole rings is 1. The lowest BCUT2D eigenvalue weighted by Gasteiger charge is -2.04. The second-order valence-corrected chi connectivity index (χ2v) is 6.90. The van der Waals surface area contributed by atoms with Gasteiger partial charge in [-0.15, -0.1) is 11.3 Å². The van der Waals surface area contributed by atoms with E-state index in [4.69, 9.17) is 16.1 Å². The number of hydrogen-bond donors (Lipinski definition) is 1. The minimum atomic E-state index is -0.266. The van der Waals surface area contributed by atoms with Crippen LogP contribution in [0.15, 0.2) is 34.2 Å². The van der Waals surface area contributed by atoms with Crippen LogP contribution < -0.4 is 5.32 Å². The predicted molar refractivity (Wildman–Crippen MR) is 95.8 cm³/mol. The molecule has 1 amide bonds. The van der Waals surface area contributed by atoms with Crippen LogP contribution in [0.3, 0.4) is 0 Å². The van der Waals surface area contributed by atoms with Crippen molar-refractivity contribution >= 4 is 34.0 Å². The Morgan fingerprint density at radius 1 is 1.33 bits per heavy atom. The van der Waals surface area contributed by atoms with Gasteiger partial charge in [0.25, 0.3) is 5.91 Å². The third kappa shape index (κ3) is 3.20. The molecule has 2 heterocycles. The van der Waals surface area contributed by atoms with Crippen LogP contribution in [0.2, 0.25) is 5.02 Å². The van der Waals surface area contributed by atoms with Crippen molar-refractivity contribution in [1.82, 2.24) is 10.1 Å². The average Bonchev–Trinajstić information content (AvgIpc) is 3.14. The second-order valence-electron chi connectivity index (χ2n) is 5.63. The van der Waals surface area contributed by atoms with Gasteiger partial charge >= 0.3 is 0 Å². The van der Waals surface area contributed by atoms with Crippen LogP contribution in [0.4, 0.5) is 5.13 Å². The van der Waals surface area contributed by atoms with Gasteiger partial charge in [0, 0.05) is 21.9 Å². The molecule has 0 fully saturated rings. The molecule has 0 saturated heterocycles. The van der Waals surface area contributed by atoms with Crippen LogP contribution in [0.1, 0.15) is 41.6 Å². The Morgan fingerprint density at radius 3 is 2.79 bits per heavy atom. The van der Waals surface area contributed by atoms with Crippen molar-refractivity contribution in [3.63, 3.8) is 0 Å². The van der Waals surface area contributed by atoms with Crippen molar-refractivity contribution in [2.45, 2.75) is 26.7 Å². The van der Waals surface area contributed by atoms with Crippen molar-refractivity contribution in [3.8, 4) is 11.3 Å². The second kappa shape index (κ2) is 6.75. The Kier molecular flexibility index (Phi) is 4.69. The third-order valence-corrected chi connectivity index (χ3v) is 4.60. The summed E-state index contributed by atoms with van der Waals surface area (Å²) in [6.45, 7) is 5.66. The van der Waals surface area contributed by atoms with Gasteiger partial charge in [-0.1, -0.05) is 48.8 Å². The Morgan fingerprint density at radius 2 is 2.08 bits per heavy atom. The fourth-order valence-corrected chi connectivity index (χ4v) is 3.28. The summed E-state index contributed by atoms with van der Waals surface area (Å²) in [6, 6.07) is 7.46. The number of aryl methyl sites for hydroxylation is 1. The standard InChI is InChI=1S/C17H16ClN3O2S/c1-9(2)15-14(10(3)21-23-15)16(22)20-17-19-13(8-24-17)11-6-4-5-7-12(11)18/h4-9H,1-3H3,(H,19,20,22). The van der Waals surface area contributed by atoms with Gasteiger partial charge in [0.15, 0.2) is 10.9 Å². The van der Waals surface area contributed by atoms with Crippen LogP contribution in [-0.4, -0.2) is 16.0 Å². The normalized spacial score (nSPS) is 11.0. The Hall–Kier alpha value is -2.18. The first kappa shape index (κ1) is 16.7. The summed E-state index contributed by atoms with van der Waals surface area (Å²) in [5, 5.41) is 9.70. The van der Waals surface area contributed by atoms with E-state index in [-0.39, 0.29) is 11.8 Å². The monoisotopic (exact) mass is 361 g/mol. The smallest absolute Gasteiger partial charge is 0.262 e. The minimum Gasteiger partial charge on any atom is -0.360 e. The number of benzene rings is 1. The molecule has 0 unspecified atom stereocenters. The largest absolute Gasteiger partial charge is 0.360 e. The third-order valence-electron chi connectivity index (χ3n) is 3.52. The number of nitrogens with one attached hydrogen (secondary N) is 1. The van der Waals surface area contributed by atoms with Gasteiger partial charge < -0.3 is 4.52 Å². The summed E-state index contributed by atoms with van der Waals surface area (Å²) in [5.41, 5.74) is 2.60. The molecule has 7 heteroatoms. The van der Waals surface area contributed by atoms with Crippen LogP contribution in [0.5, 0.6) is 0 Å². The zero-order chi connectivity index (χ0) is 17.3. The summed E-state index contributed by atoms with van der Waals surface area (Å²) in [7, 11) is 0. The van der Waals surface area contributed by atoms with Crippen LogP contribution >= 0.6 is 22.9 Å². The van der Waals surface area contributed by atoms with Gasteiger partial charge in [0.05, 0.1) is 11.4 Å². The Balaban J connectivity index is 1.84. The molecular formula is C17H16ClN3O2S. The van der Waals surface area contributed by atoms with Crippen LogP contribution in [0.25, 0.3) is 11.3 Å². The average molecular weight is 362 g/mol. The van der Waals surface area contributed by atoms with E-state index >= 15 is 0 Å². The molecule has 2 aromatic heterocycles. The van der Waals surface area contributed by atoms with Crippen molar-refractivity contribution in [2.24, 2.45) is 0 Å². The summed E-state index contributed by atoms with van der Waals surface area (Å²) >= 11 is 7.53. The van der Waals surface area contributed by atoms with Crippen molar-refractivity contribution in [1.29, 1.82) is 0 Å². The van der Waals surface area contributed by atoms with E-state index in [0.29, 0.717) is 27.2 Å². The molecule has 124 valence electrons. The zero-order valence-electron chi connectivity index (χ0n) is 13.5. The number of carbonyl (C=O) groups excluding carboxylic acids is 1. The molecular weight excluding hydrogens is 346 g/mol. The topological polar surface area (TPSA) is 68.0 Å². The molecule has 0 spiro atoms. The molecule has 0 bridgehead atoms. The molecule has 0 aliphatic rings. The van der Waals surface area contributed by atoms with Gasteiger partial charge in [-0.25, -0.2) is 4.98 Å². The van der Waals surface area contributed by atoms with E-state index in [1.807, 2.05) is 43.5 Å². The highest BCUT2D eigenvalue weighted by Gasteiger charge is 2.23.